The molecule has 0 nitrogen and oxygen atoms in total. The van der Waals surface area contributed by atoms with Gasteiger partial charge in [-0.1, -0.05) is 36.6 Å². The van der Waals surface area contributed by atoms with Crippen molar-refractivity contribution in [2.45, 2.75) is 22.3 Å². The number of hydrogen-bond donors (Lipinski definition) is 2. The Balaban J connectivity index is 1.88. The van der Waals surface area contributed by atoms with E-state index in [2.05, 4.69) is 47.3 Å². The van der Waals surface area contributed by atoms with Crippen molar-refractivity contribution in [3.63, 3.8) is 0 Å². The van der Waals surface area contributed by atoms with E-state index in [9.17, 15) is 0 Å². The van der Waals surface area contributed by atoms with Crippen LogP contribution in [0.4, 0.5) is 0 Å². The van der Waals surface area contributed by atoms with E-state index in [0.717, 1.165) is 9.73 Å². The smallest absolute Gasteiger partial charge is 0.0490 e. The average Bonchev–Trinajstić information content (AvgIpc) is 3.17. The molecule has 0 N–H and O–H groups in total. The average molecular weight is 369 g/mol. The van der Waals surface area contributed by atoms with Gasteiger partial charge in [0.2, 0.25) is 0 Å². The van der Waals surface area contributed by atoms with E-state index in [1.165, 1.54) is 18.2 Å². The van der Waals surface area contributed by atoms with Crippen LogP contribution in [0.3, 0.4) is 0 Å². The first-order valence-corrected chi connectivity index (χ1v) is 11.0. The van der Waals surface area contributed by atoms with Gasteiger partial charge in [0.15, 0.2) is 0 Å². The molecule has 0 amide bonds. The number of thiophene rings is 1. The summed E-state index contributed by atoms with van der Waals surface area (Å²) in [6, 6.07) is 4.55. The predicted octanol–water partition coefficient (Wildman–Crippen LogP) is 6.07. The molecule has 2 unspecified atom stereocenters. The Kier molecular flexibility index (Phi) is 4.66. The number of rotatable bonds is 4. The molecule has 2 atom stereocenters. The fourth-order valence-electron chi connectivity index (χ4n) is 2.30. The summed E-state index contributed by atoms with van der Waals surface area (Å²) in [6.07, 6.45) is 8.62. The topological polar surface area (TPSA) is 0 Å². The summed E-state index contributed by atoms with van der Waals surface area (Å²) >= 11 is 12.7. The summed E-state index contributed by atoms with van der Waals surface area (Å²) < 4.78 is 2.88. The number of allylic oxidation sites excluding steroid dienone is 6. The van der Waals surface area contributed by atoms with Gasteiger partial charge in [0, 0.05) is 28.0 Å². The van der Waals surface area contributed by atoms with Crippen LogP contribution in [-0.2, 0) is 0 Å². The first-order valence-electron chi connectivity index (χ1n) is 6.55. The van der Waals surface area contributed by atoms with E-state index in [-0.39, 0.29) is 21.8 Å². The number of thiol groups is 2. The summed E-state index contributed by atoms with van der Waals surface area (Å²) in [7, 11) is -0.749. The van der Waals surface area contributed by atoms with Crippen LogP contribution in [0.2, 0.25) is 0 Å². The Bertz CT molecular complexity index is 669. The molecule has 110 valence electrons. The third-order valence-corrected chi connectivity index (χ3v) is 10.6. The minimum Gasteiger partial charge on any atom is -0.169 e. The van der Waals surface area contributed by atoms with Crippen LogP contribution in [0.1, 0.15) is 13.8 Å². The highest BCUT2D eigenvalue weighted by Crippen LogP contribution is 2.57. The molecule has 0 fully saturated rings. The fourth-order valence-corrected chi connectivity index (χ4v) is 9.31. The van der Waals surface area contributed by atoms with Gasteiger partial charge in [-0.3, -0.25) is 0 Å². The van der Waals surface area contributed by atoms with Crippen LogP contribution in [0.15, 0.2) is 65.5 Å². The van der Waals surface area contributed by atoms with Crippen LogP contribution in [0, 0.1) is 0 Å². The van der Waals surface area contributed by atoms with E-state index >= 15 is 0 Å². The maximum atomic E-state index is 5.38. The number of thiocarbonyl (C=S) groups is 2. The van der Waals surface area contributed by atoms with Crippen LogP contribution >= 0.6 is 57.6 Å². The maximum absolute atomic E-state index is 5.38. The quantitative estimate of drug-likeness (QED) is 0.489. The molecule has 1 aromatic heterocycles. The molecular formula is C16H16S5. The molecule has 0 spiro atoms. The molecule has 0 saturated heterocycles. The zero-order chi connectivity index (χ0) is 15.0. The van der Waals surface area contributed by atoms with Crippen LogP contribution in [0.25, 0.3) is 0 Å². The van der Waals surface area contributed by atoms with Crippen molar-refractivity contribution in [1.29, 1.82) is 0 Å². The highest BCUT2D eigenvalue weighted by Gasteiger charge is 2.20. The largest absolute Gasteiger partial charge is 0.169 e. The standard InChI is InChI=1S/C16H16S5/c1-11(17)13-5-3-9-20(13)15-7-8-16(19-15)21-10-4-6-14(21)12(2)18/h3-10,20-21H,1-2H3. The molecule has 0 bridgehead atoms. The summed E-state index contributed by atoms with van der Waals surface area (Å²) in [5.41, 5.74) is 0. The normalized spacial score (nSPS) is 26.8. The molecule has 0 aliphatic carbocycles. The molecule has 2 aliphatic heterocycles. The molecule has 1 aromatic rings. The Morgan fingerprint density at radius 2 is 1.29 bits per heavy atom. The second-order valence-electron chi connectivity index (χ2n) is 4.75. The van der Waals surface area contributed by atoms with Gasteiger partial charge in [0.25, 0.3) is 0 Å². The third-order valence-electron chi connectivity index (χ3n) is 3.27. The highest BCUT2D eigenvalue weighted by atomic mass is 32.2. The van der Waals surface area contributed by atoms with Gasteiger partial charge in [-0.25, -0.2) is 0 Å². The van der Waals surface area contributed by atoms with Crippen molar-refractivity contribution in [2.24, 2.45) is 0 Å². The van der Waals surface area contributed by atoms with Crippen molar-refractivity contribution >= 4 is 67.3 Å². The molecule has 3 heterocycles. The molecule has 2 aliphatic rings. The molecule has 5 heteroatoms. The van der Waals surface area contributed by atoms with Gasteiger partial charge in [-0.05, 0) is 48.9 Å². The SMILES string of the molecule is CC(=S)C1=CC=C[SH]1c1ccc([SH]2C=CC=C2C(C)=S)s1. The number of hydrogen-bond acceptors (Lipinski definition) is 3. The van der Waals surface area contributed by atoms with Gasteiger partial charge < -0.3 is 0 Å². The van der Waals surface area contributed by atoms with Gasteiger partial charge >= 0.3 is 0 Å². The van der Waals surface area contributed by atoms with E-state index < -0.39 is 0 Å². The van der Waals surface area contributed by atoms with Gasteiger partial charge in [0.1, 0.15) is 0 Å². The molecule has 3 rings (SSSR count). The van der Waals surface area contributed by atoms with Crippen molar-refractivity contribution in [3.8, 4) is 0 Å². The predicted molar refractivity (Wildman–Crippen MR) is 110 cm³/mol. The highest BCUT2D eigenvalue weighted by molar-refractivity contribution is 8.27. The van der Waals surface area contributed by atoms with E-state index in [1.54, 1.807) is 0 Å². The van der Waals surface area contributed by atoms with Gasteiger partial charge in [-0.2, -0.15) is 21.8 Å². The van der Waals surface area contributed by atoms with Crippen LogP contribution in [0.5, 0.6) is 0 Å². The lowest BCUT2D eigenvalue weighted by Gasteiger charge is -2.17. The summed E-state index contributed by atoms with van der Waals surface area (Å²) in [4.78, 5) is 4.68. The maximum Gasteiger partial charge on any atom is 0.0490 e. The van der Waals surface area contributed by atoms with Crippen molar-refractivity contribution in [3.05, 3.63) is 57.1 Å². The molecular weight excluding hydrogens is 353 g/mol. The summed E-state index contributed by atoms with van der Waals surface area (Å²) in [5.74, 6) is 0. The van der Waals surface area contributed by atoms with Crippen molar-refractivity contribution in [1.82, 2.24) is 0 Å². The second-order valence-corrected chi connectivity index (χ2v) is 11.7. The van der Waals surface area contributed by atoms with E-state index in [1.807, 2.05) is 25.2 Å². The Morgan fingerprint density at radius 3 is 1.67 bits per heavy atom. The van der Waals surface area contributed by atoms with E-state index in [4.69, 9.17) is 24.4 Å². The first kappa shape index (κ1) is 15.4. The lowest BCUT2D eigenvalue weighted by molar-refractivity contribution is 1.67. The minimum absolute atomic E-state index is 0.374. The van der Waals surface area contributed by atoms with Gasteiger partial charge in [-0.15, -0.1) is 11.3 Å². The van der Waals surface area contributed by atoms with Crippen molar-refractivity contribution in [2.75, 3.05) is 0 Å². The Hall–Kier alpha value is -0.460. The molecule has 0 radical (unpaired) electrons. The molecule has 0 saturated carbocycles. The lowest BCUT2D eigenvalue weighted by Crippen LogP contribution is -1.91. The molecule has 21 heavy (non-hydrogen) atoms. The third kappa shape index (κ3) is 3.03. The Morgan fingerprint density at radius 1 is 0.857 bits per heavy atom. The monoisotopic (exact) mass is 368 g/mol. The summed E-state index contributed by atoms with van der Waals surface area (Å²) in [5, 5.41) is 4.60. The van der Waals surface area contributed by atoms with E-state index in [0.29, 0.717) is 0 Å². The van der Waals surface area contributed by atoms with Crippen LogP contribution in [-0.4, -0.2) is 9.73 Å². The minimum atomic E-state index is -0.374. The zero-order valence-electron chi connectivity index (χ0n) is 11.7. The zero-order valence-corrected chi connectivity index (χ0v) is 16.0. The fraction of sp³-hybridized carbons (Fsp3) is 0.125. The Labute approximate surface area is 146 Å². The van der Waals surface area contributed by atoms with Crippen LogP contribution < -0.4 is 0 Å². The molecule has 0 aromatic carbocycles. The summed E-state index contributed by atoms with van der Waals surface area (Å²) in [6.45, 7) is 4.05. The van der Waals surface area contributed by atoms with Crippen molar-refractivity contribution < 1.29 is 0 Å². The van der Waals surface area contributed by atoms with Gasteiger partial charge in [0.05, 0.1) is 0 Å². The second kappa shape index (κ2) is 6.34. The first-order chi connectivity index (χ1) is 10.1. The lowest BCUT2D eigenvalue weighted by atomic mass is 10.4.